The van der Waals surface area contributed by atoms with Crippen molar-refractivity contribution in [3.63, 3.8) is 0 Å². The maximum atomic E-state index is 14.0. The van der Waals surface area contributed by atoms with E-state index < -0.39 is 18.0 Å². The number of likely N-dealkylation sites (tertiary alicyclic amines) is 1. The van der Waals surface area contributed by atoms with Crippen molar-refractivity contribution in [3.05, 3.63) is 65.5 Å². The number of hydrogen-bond donors (Lipinski definition) is 1. The lowest BCUT2D eigenvalue weighted by atomic mass is 9.89. The number of hydrogen-bond acceptors (Lipinski definition) is 6. The Hall–Kier alpha value is -2.54. The fourth-order valence-electron chi connectivity index (χ4n) is 6.64. The molecule has 0 radical (unpaired) electrons. The number of amides is 2. The highest BCUT2D eigenvalue weighted by Gasteiger charge is 2.36. The fourth-order valence-corrected chi connectivity index (χ4v) is 6.64. The number of ether oxygens (including phenoxy) is 2. The first-order valence-electron chi connectivity index (χ1n) is 16.0. The molecule has 0 spiro atoms. The van der Waals surface area contributed by atoms with E-state index in [4.69, 9.17) is 9.47 Å². The summed E-state index contributed by atoms with van der Waals surface area (Å²) in [7, 11) is 0. The summed E-state index contributed by atoms with van der Waals surface area (Å²) in [5.41, 5.74) is 1.71. The van der Waals surface area contributed by atoms with E-state index in [-0.39, 0.29) is 95.9 Å². The Morgan fingerprint density at radius 1 is 0.936 bits per heavy atom. The molecule has 3 atom stereocenters. The molecule has 3 aliphatic rings. The van der Waals surface area contributed by atoms with Crippen LogP contribution >= 0.6 is 40.5 Å². The van der Waals surface area contributed by atoms with E-state index in [1.807, 2.05) is 24.3 Å². The number of rotatable bonds is 7. The van der Waals surface area contributed by atoms with Crippen LogP contribution in [0.1, 0.15) is 68.9 Å². The van der Waals surface area contributed by atoms with Crippen LogP contribution in [0.4, 0.5) is 4.39 Å². The summed E-state index contributed by atoms with van der Waals surface area (Å²) in [6.45, 7) is 1.01. The summed E-state index contributed by atoms with van der Waals surface area (Å²) >= 11 is 0. The van der Waals surface area contributed by atoms with E-state index in [0.717, 1.165) is 36.8 Å². The van der Waals surface area contributed by atoms with Crippen LogP contribution in [0, 0.1) is 17.7 Å². The minimum absolute atomic E-state index is 0. The molecule has 2 heterocycles. The molecule has 8 nitrogen and oxygen atoms in total. The van der Waals surface area contributed by atoms with Gasteiger partial charge in [0.25, 0.3) is 0 Å². The Morgan fingerprint density at radius 3 is 2.38 bits per heavy atom. The zero-order valence-electron chi connectivity index (χ0n) is 26.8. The third kappa shape index (κ3) is 11.8. The SMILES string of the molecule is O=C1N[C@H](C(=O)CC2CCCC2)COCCOc2cccc(c2)C[C@H](N2CCCC2=O)C(=O)C[C@H]1CCc1ccc(F)cc1.S.S.S. The highest BCUT2D eigenvalue weighted by molar-refractivity contribution is 7.59. The van der Waals surface area contributed by atoms with Crippen LogP contribution in [0.25, 0.3) is 0 Å². The van der Waals surface area contributed by atoms with Crippen molar-refractivity contribution in [3.8, 4) is 5.75 Å². The van der Waals surface area contributed by atoms with E-state index in [1.165, 1.54) is 12.1 Å². The van der Waals surface area contributed by atoms with Gasteiger partial charge in [0, 0.05) is 38.1 Å². The lowest BCUT2D eigenvalue weighted by Crippen LogP contribution is -2.49. The van der Waals surface area contributed by atoms with Crippen LogP contribution < -0.4 is 10.1 Å². The van der Waals surface area contributed by atoms with E-state index in [2.05, 4.69) is 5.32 Å². The van der Waals surface area contributed by atoms with Gasteiger partial charge in [0.15, 0.2) is 11.6 Å². The molecular formula is C35H49FN2O6S3. The molecule has 1 saturated heterocycles. The summed E-state index contributed by atoms with van der Waals surface area (Å²) in [6, 6.07) is 12.0. The molecule has 260 valence electrons. The van der Waals surface area contributed by atoms with Crippen LogP contribution in [0.5, 0.6) is 5.75 Å². The van der Waals surface area contributed by atoms with Gasteiger partial charge in [-0.2, -0.15) is 40.5 Å². The van der Waals surface area contributed by atoms with Crippen LogP contribution in [0.15, 0.2) is 48.5 Å². The lowest BCUT2D eigenvalue weighted by Gasteiger charge is -2.29. The van der Waals surface area contributed by atoms with Gasteiger partial charge in [-0.05, 0) is 60.6 Å². The molecule has 2 fully saturated rings. The third-order valence-corrected chi connectivity index (χ3v) is 9.15. The van der Waals surface area contributed by atoms with Crippen molar-refractivity contribution >= 4 is 63.9 Å². The number of fused-ring (bicyclic) bond motifs is 2. The smallest absolute Gasteiger partial charge is 0.224 e. The molecule has 1 aliphatic carbocycles. The van der Waals surface area contributed by atoms with E-state index in [1.54, 1.807) is 17.0 Å². The van der Waals surface area contributed by atoms with Gasteiger partial charge in [0.2, 0.25) is 11.8 Å². The maximum Gasteiger partial charge on any atom is 0.224 e. The number of Topliss-reactive ketones (excluding diaryl/α,β-unsaturated/α-hetero) is 2. The Kier molecular flexibility index (Phi) is 17.4. The summed E-state index contributed by atoms with van der Waals surface area (Å²) in [5.74, 6) is -0.842. The van der Waals surface area contributed by atoms with Crippen molar-refractivity contribution in [1.29, 1.82) is 0 Å². The van der Waals surface area contributed by atoms with Crippen molar-refractivity contribution in [2.45, 2.75) is 82.7 Å². The second kappa shape index (κ2) is 20.1. The number of aryl methyl sites for hydroxylation is 1. The zero-order chi connectivity index (χ0) is 30.9. The van der Waals surface area contributed by atoms with Crippen molar-refractivity contribution < 1.29 is 33.0 Å². The average Bonchev–Trinajstić information content (AvgIpc) is 3.69. The molecule has 2 bridgehead atoms. The van der Waals surface area contributed by atoms with Crippen molar-refractivity contribution in [2.75, 3.05) is 26.4 Å². The van der Waals surface area contributed by atoms with Gasteiger partial charge >= 0.3 is 0 Å². The number of carbonyl (C=O) groups excluding carboxylic acids is 4. The number of benzene rings is 2. The van der Waals surface area contributed by atoms with Gasteiger partial charge in [-0.1, -0.05) is 49.9 Å². The topological polar surface area (TPSA) is 102 Å². The van der Waals surface area contributed by atoms with Crippen LogP contribution in [0.3, 0.4) is 0 Å². The predicted octanol–water partition coefficient (Wildman–Crippen LogP) is 4.95. The molecule has 2 aromatic carbocycles. The quantitative estimate of drug-likeness (QED) is 0.437. The first-order chi connectivity index (χ1) is 21.4. The molecule has 12 heteroatoms. The normalized spacial score (nSPS) is 22.7. The molecule has 5 rings (SSSR count). The van der Waals surface area contributed by atoms with Gasteiger partial charge in [-0.15, -0.1) is 0 Å². The molecule has 47 heavy (non-hydrogen) atoms. The summed E-state index contributed by atoms with van der Waals surface area (Å²) in [5, 5.41) is 2.94. The summed E-state index contributed by atoms with van der Waals surface area (Å²) in [6.07, 6.45) is 6.71. The van der Waals surface area contributed by atoms with Gasteiger partial charge in [-0.3, -0.25) is 19.2 Å². The largest absolute Gasteiger partial charge is 0.491 e. The highest BCUT2D eigenvalue weighted by atomic mass is 32.1. The minimum atomic E-state index is -0.835. The average molecular weight is 709 g/mol. The van der Waals surface area contributed by atoms with Crippen LogP contribution in [0.2, 0.25) is 0 Å². The fraction of sp³-hybridized carbons (Fsp3) is 0.543. The molecule has 2 amide bonds. The lowest BCUT2D eigenvalue weighted by molar-refractivity contribution is -0.138. The van der Waals surface area contributed by atoms with Crippen molar-refractivity contribution in [2.24, 2.45) is 11.8 Å². The number of nitrogens with one attached hydrogen (secondary N) is 1. The standard InChI is InChI=1S/C35H43FN2O6.3H2S/c36-28-14-11-24(12-15-28)10-13-27-22-33(40)31(38-16-4-9-34(38)41)20-26-7-3-8-29(19-26)44-18-17-43-23-30(37-35(27)42)32(39)21-25-5-1-2-6-25;;;/h3,7-8,11-12,14-15,19,25,27,30-31H,1-2,4-6,9-10,13,16-18,20-23H2,(H,37,42);3*1H2/t27-,30+,31+;;;/m1.../s1. The van der Waals surface area contributed by atoms with E-state index in [0.29, 0.717) is 56.7 Å². The first-order valence-corrected chi connectivity index (χ1v) is 16.0. The summed E-state index contributed by atoms with van der Waals surface area (Å²) in [4.78, 5) is 55.8. The van der Waals surface area contributed by atoms with Gasteiger partial charge in [-0.25, -0.2) is 4.39 Å². The molecule has 1 N–H and O–H groups in total. The monoisotopic (exact) mass is 708 g/mol. The van der Waals surface area contributed by atoms with E-state index in [9.17, 15) is 23.6 Å². The molecule has 0 aromatic heterocycles. The number of carbonyl (C=O) groups is 4. The second-order valence-corrected chi connectivity index (χ2v) is 12.4. The Morgan fingerprint density at radius 2 is 1.68 bits per heavy atom. The predicted molar refractivity (Wildman–Crippen MR) is 194 cm³/mol. The van der Waals surface area contributed by atoms with Gasteiger partial charge in [0.1, 0.15) is 24.2 Å². The molecular weight excluding hydrogens is 660 g/mol. The Labute approximate surface area is 298 Å². The van der Waals surface area contributed by atoms with Gasteiger partial charge < -0.3 is 19.7 Å². The maximum absolute atomic E-state index is 14.0. The Balaban J connectivity index is 0.00000256. The summed E-state index contributed by atoms with van der Waals surface area (Å²) < 4.78 is 25.3. The van der Waals surface area contributed by atoms with Gasteiger partial charge in [0.05, 0.1) is 19.3 Å². The molecule has 2 aliphatic heterocycles. The van der Waals surface area contributed by atoms with Crippen LogP contribution in [-0.4, -0.2) is 66.7 Å². The number of nitrogens with zero attached hydrogens (tertiary/aromatic N) is 1. The first kappa shape index (κ1) is 40.6. The number of halogens is 1. The molecule has 0 unspecified atom stereocenters. The second-order valence-electron chi connectivity index (χ2n) is 12.4. The number of ketones is 2. The molecule has 2 aromatic rings. The highest BCUT2D eigenvalue weighted by Crippen LogP contribution is 2.29. The van der Waals surface area contributed by atoms with Crippen LogP contribution in [-0.2, 0) is 36.8 Å². The molecule has 1 saturated carbocycles. The third-order valence-electron chi connectivity index (χ3n) is 9.15. The van der Waals surface area contributed by atoms with E-state index >= 15 is 0 Å². The minimum Gasteiger partial charge on any atom is -0.491 e. The Bertz CT molecular complexity index is 1320. The van der Waals surface area contributed by atoms with Crippen molar-refractivity contribution in [1.82, 2.24) is 10.2 Å². The zero-order valence-corrected chi connectivity index (χ0v) is 29.8.